The third kappa shape index (κ3) is 5.17. The van der Waals surface area contributed by atoms with E-state index in [9.17, 15) is 0 Å². The zero-order valence-corrected chi connectivity index (χ0v) is 8.91. The molecule has 3 heteroatoms. The predicted molar refractivity (Wildman–Crippen MR) is 57.8 cm³/mol. The van der Waals surface area contributed by atoms with Gasteiger partial charge in [-0.15, -0.1) is 0 Å². The van der Waals surface area contributed by atoms with Gasteiger partial charge in [0.15, 0.2) is 0 Å². The Balaban J connectivity index is 1.81. The molecule has 0 amide bonds. The van der Waals surface area contributed by atoms with E-state index in [0.717, 1.165) is 25.3 Å². The first-order valence-electron chi connectivity index (χ1n) is 5.09. The Morgan fingerprint density at radius 1 is 1.46 bits per heavy atom. The molecule has 74 valence electrons. The van der Waals surface area contributed by atoms with Gasteiger partial charge in [0.1, 0.15) is 0 Å². The van der Waals surface area contributed by atoms with E-state index in [2.05, 4.69) is 23.1 Å². The lowest BCUT2D eigenvalue weighted by molar-refractivity contribution is 0.513. The molecule has 0 radical (unpaired) electrons. The molecule has 0 spiro atoms. The summed E-state index contributed by atoms with van der Waals surface area (Å²) in [6.45, 7) is 2.27. The molecule has 1 saturated heterocycles. The Labute approximate surface area is 85.1 Å². The Hall–Kier alpha value is -0.200. The van der Waals surface area contributed by atoms with Gasteiger partial charge in [-0.1, -0.05) is 0 Å². The van der Waals surface area contributed by atoms with Crippen LogP contribution in [0.1, 0.15) is 25.7 Å². The Kier molecular flexibility index (Phi) is 6.05. The monoisotopic (exact) mass is 198 g/mol. The second-order valence-corrected chi connectivity index (χ2v) is 4.70. The van der Waals surface area contributed by atoms with E-state index in [-0.39, 0.29) is 0 Å². The minimum Gasteiger partial charge on any atom is -0.316 e. The van der Waals surface area contributed by atoms with Crippen LogP contribution in [-0.4, -0.2) is 24.6 Å². The van der Waals surface area contributed by atoms with Gasteiger partial charge in [0.2, 0.25) is 0 Å². The molecule has 1 N–H and O–H groups in total. The van der Waals surface area contributed by atoms with Crippen LogP contribution in [-0.2, 0) is 0 Å². The van der Waals surface area contributed by atoms with Crippen LogP contribution in [0.15, 0.2) is 0 Å². The first kappa shape index (κ1) is 10.9. The molecule has 0 aromatic heterocycles. The van der Waals surface area contributed by atoms with Gasteiger partial charge in [0.05, 0.1) is 6.07 Å². The molecule has 1 aliphatic heterocycles. The second-order valence-electron chi connectivity index (χ2n) is 3.55. The molecule has 1 heterocycles. The van der Waals surface area contributed by atoms with Gasteiger partial charge in [-0.3, -0.25) is 0 Å². The number of rotatable bonds is 6. The highest BCUT2D eigenvalue weighted by atomic mass is 32.2. The summed E-state index contributed by atoms with van der Waals surface area (Å²) in [5.41, 5.74) is 0. The molecule has 0 aliphatic carbocycles. The third-order valence-corrected chi connectivity index (χ3v) is 3.58. The van der Waals surface area contributed by atoms with E-state index in [1.54, 1.807) is 0 Å². The average molecular weight is 198 g/mol. The van der Waals surface area contributed by atoms with Crippen LogP contribution in [0.2, 0.25) is 0 Å². The SMILES string of the molecule is N#CCCCCNCC1CCSC1. The van der Waals surface area contributed by atoms with E-state index in [1.165, 1.54) is 24.5 Å². The zero-order chi connectivity index (χ0) is 9.36. The molecule has 0 aromatic rings. The minimum atomic E-state index is 0.709. The molecular weight excluding hydrogens is 180 g/mol. The molecule has 1 fully saturated rings. The highest BCUT2D eigenvalue weighted by molar-refractivity contribution is 7.99. The molecule has 13 heavy (non-hydrogen) atoms. The molecule has 0 aromatic carbocycles. The summed E-state index contributed by atoms with van der Waals surface area (Å²) in [6, 6.07) is 2.17. The molecule has 2 nitrogen and oxygen atoms in total. The molecule has 1 aliphatic rings. The predicted octanol–water partition coefficient (Wildman–Crippen LogP) is 2.02. The van der Waals surface area contributed by atoms with Crippen LogP contribution in [0.3, 0.4) is 0 Å². The van der Waals surface area contributed by atoms with Gasteiger partial charge in [0, 0.05) is 6.42 Å². The first-order valence-corrected chi connectivity index (χ1v) is 6.24. The summed E-state index contributed by atoms with van der Waals surface area (Å²) in [7, 11) is 0. The Morgan fingerprint density at radius 3 is 3.08 bits per heavy atom. The van der Waals surface area contributed by atoms with E-state index < -0.39 is 0 Å². The van der Waals surface area contributed by atoms with E-state index in [0.29, 0.717) is 6.42 Å². The Bertz CT molecular complexity index is 159. The standard InChI is InChI=1S/C10H18N2S/c11-5-2-1-3-6-12-8-10-4-7-13-9-10/h10,12H,1-4,6-9H2. The number of nitrogens with one attached hydrogen (secondary N) is 1. The van der Waals surface area contributed by atoms with Crippen molar-refractivity contribution in [1.29, 1.82) is 5.26 Å². The number of hydrogen-bond donors (Lipinski definition) is 1. The highest BCUT2D eigenvalue weighted by Crippen LogP contribution is 2.22. The quantitative estimate of drug-likeness (QED) is 0.663. The van der Waals surface area contributed by atoms with Crippen LogP contribution >= 0.6 is 11.8 Å². The van der Waals surface area contributed by atoms with Crippen molar-refractivity contribution < 1.29 is 0 Å². The van der Waals surface area contributed by atoms with E-state index in [4.69, 9.17) is 5.26 Å². The topological polar surface area (TPSA) is 35.8 Å². The lowest BCUT2D eigenvalue weighted by Gasteiger charge is -2.08. The molecule has 0 bridgehead atoms. The van der Waals surface area contributed by atoms with Crippen molar-refractivity contribution in [3.8, 4) is 6.07 Å². The summed E-state index contributed by atoms with van der Waals surface area (Å²) >= 11 is 2.07. The summed E-state index contributed by atoms with van der Waals surface area (Å²) in [5, 5.41) is 11.8. The normalized spacial score (nSPS) is 21.6. The largest absolute Gasteiger partial charge is 0.316 e. The second kappa shape index (κ2) is 7.23. The van der Waals surface area contributed by atoms with Crippen molar-refractivity contribution in [3.05, 3.63) is 0 Å². The van der Waals surface area contributed by atoms with Crippen molar-refractivity contribution in [3.63, 3.8) is 0 Å². The lowest BCUT2D eigenvalue weighted by Crippen LogP contribution is -2.23. The summed E-state index contributed by atoms with van der Waals surface area (Å²) in [5.74, 6) is 3.59. The molecular formula is C10H18N2S. The molecule has 0 saturated carbocycles. The fraction of sp³-hybridized carbons (Fsp3) is 0.900. The fourth-order valence-electron chi connectivity index (χ4n) is 1.50. The zero-order valence-electron chi connectivity index (χ0n) is 8.09. The fourth-order valence-corrected chi connectivity index (χ4v) is 2.79. The van der Waals surface area contributed by atoms with E-state index >= 15 is 0 Å². The maximum absolute atomic E-state index is 8.32. The van der Waals surface area contributed by atoms with Gasteiger partial charge in [-0.05, 0) is 49.8 Å². The summed E-state index contributed by atoms with van der Waals surface area (Å²) in [6.07, 6.45) is 4.28. The number of thioether (sulfide) groups is 1. The van der Waals surface area contributed by atoms with Crippen molar-refractivity contribution in [2.24, 2.45) is 5.92 Å². The van der Waals surface area contributed by atoms with Crippen LogP contribution in [0.4, 0.5) is 0 Å². The van der Waals surface area contributed by atoms with Crippen LogP contribution < -0.4 is 5.32 Å². The summed E-state index contributed by atoms with van der Waals surface area (Å²) < 4.78 is 0. The first-order chi connectivity index (χ1) is 6.43. The van der Waals surface area contributed by atoms with Gasteiger partial charge < -0.3 is 5.32 Å². The highest BCUT2D eigenvalue weighted by Gasteiger charge is 2.13. The molecule has 1 atom stereocenters. The van der Waals surface area contributed by atoms with Crippen molar-refractivity contribution >= 4 is 11.8 Å². The van der Waals surface area contributed by atoms with Crippen molar-refractivity contribution in [2.45, 2.75) is 25.7 Å². The number of hydrogen-bond acceptors (Lipinski definition) is 3. The minimum absolute atomic E-state index is 0.709. The van der Waals surface area contributed by atoms with Crippen LogP contribution in [0, 0.1) is 17.2 Å². The van der Waals surface area contributed by atoms with Gasteiger partial charge in [-0.25, -0.2) is 0 Å². The van der Waals surface area contributed by atoms with Crippen LogP contribution in [0.5, 0.6) is 0 Å². The number of nitrogens with zero attached hydrogens (tertiary/aromatic N) is 1. The number of nitriles is 1. The lowest BCUT2D eigenvalue weighted by atomic mass is 10.1. The average Bonchev–Trinajstić information content (AvgIpc) is 2.63. The molecule has 1 unspecified atom stereocenters. The summed E-state index contributed by atoms with van der Waals surface area (Å²) in [4.78, 5) is 0. The third-order valence-electron chi connectivity index (χ3n) is 2.35. The van der Waals surface area contributed by atoms with Crippen LogP contribution in [0.25, 0.3) is 0 Å². The van der Waals surface area contributed by atoms with Gasteiger partial charge >= 0.3 is 0 Å². The maximum atomic E-state index is 8.32. The van der Waals surface area contributed by atoms with Crippen molar-refractivity contribution in [2.75, 3.05) is 24.6 Å². The van der Waals surface area contributed by atoms with Gasteiger partial charge in [-0.2, -0.15) is 17.0 Å². The Morgan fingerprint density at radius 2 is 2.38 bits per heavy atom. The maximum Gasteiger partial charge on any atom is 0.0621 e. The van der Waals surface area contributed by atoms with Crippen molar-refractivity contribution in [1.82, 2.24) is 5.32 Å². The molecule has 1 rings (SSSR count). The van der Waals surface area contributed by atoms with Gasteiger partial charge in [0.25, 0.3) is 0 Å². The smallest absolute Gasteiger partial charge is 0.0621 e. The number of unbranched alkanes of at least 4 members (excludes halogenated alkanes) is 2. The van der Waals surface area contributed by atoms with E-state index in [1.807, 2.05) is 0 Å².